The molecule has 1 aliphatic rings. The van der Waals surface area contributed by atoms with E-state index >= 15 is 0 Å². The highest BCUT2D eigenvalue weighted by molar-refractivity contribution is 5.94. The summed E-state index contributed by atoms with van der Waals surface area (Å²) in [7, 11) is 0. The summed E-state index contributed by atoms with van der Waals surface area (Å²) in [5.74, 6) is 0.443. The van der Waals surface area contributed by atoms with Crippen LogP contribution >= 0.6 is 0 Å². The molecule has 2 aromatic heterocycles. The van der Waals surface area contributed by atoms with Gasteiger partial charge in [-0.25, -0.2) is 0 Å². The smallest absolute Gasteiger partial charge is 0.316 e. The topological polar surface area (TPSA) is 30.7 Å². The van der Waals surface area contributed by atoms with Crippen LogP contribution in [0.15, 0.2) is 60.8 Å². The summed E-state index contributed by atoms with van der Waals surface area (Å²) in [6.07, 6.45) is 8.99. The van der Waals surface area contributed by atoms with E-state index in [1.165, 1.54) is 18.4 Å². The monoisotopic (exact) mass is 373 g/mol. The van der Waals surface area contributed by atoms with Gasteiger partial charge in [0.15, 0.2) is 5.75 Å². The fourth-order valence-corrected chi connectivity index (χ4v) is 3.77. The summed E-state index contributed by atoms with van der Waals surface area (Å²) in [5.41, 5.74) is 4.94. The van der Waals surface area contributed by atoms with E-state index in [1.54, 1.807) is 0 Å². The zero-order valence-electron chi connectivity index (χ0n) is 16.9. The molecule has 28 heavy (non-hydrogen) atoms. The molecule has 0 amide bonds. The maximum atomic E-state index is 12.8. The second-order valence-electron chi connectivity index (χ2n) is 8.49. The highest BCUT2D eigenvalue weighted by Gasteiger charge is 2.29. The Labute approximate surface area is 166 Å². The van der Waals surface area contributed by atoms with E-state index in [4.69, 9.17) is 4.74 Å². The Bertz CT molecular complexity index is 1040. The lowest BCUT2D eigenvalue weighted by atomic mass is 9.92. The van der Waals surface area contributed by atoms with Crippen LogP contribution in [0.25, 0.3) is 22.2 Å². The van der Waals surface area contributed by atoms with Crippen LogP contribution in [-0.4, -0.2) is 10.4 Å². The molecular weight excluding hydrogens is 346 g/mol. The van der Waals surface area contributed by atoms with E-state index in [0.717, 1.165) is 35.2 Å². The number of nitrogens with zero attached hydrogens (tertiary/aromatic N) is 1. The van der Waals surface area contributed by atoms with Crippen molar-refractivity contribution in [3.63, 3.8) is 0 Å². The fraction of sp³-hybridized carbons (Fsp3) is 0.320. The van der Waals surface area contributed by atoms with E-state index in [0.29, 0.717) is 5.75 Å². The van der Waals surface area contributed by atoms with E-state index in [1.807, 2.05) is 57.2 Å². The molecule has 1 aromatic carbocycles. The molecular formula is C25H27NO2. The van der Waals surface area contributed by atoms with Crippen molar-refractivity contribution < 1.29 is 9.53 Å². The Balaban J connectivity index is 2.01. The minimum Gasteiger partial charge on any atom is -0.423 e. The molecule has 3 heteroatoms. The standard InChI is InChI=1S/C25H27NO2/c1-25(2,3)24(27)28-23-20-16-10-11-17-26(20)22(19-14-8-5-9-15-19)21(23)18-12-6-4-7-13-18/h4,6-7,10-14,16-17H,5,8-9,15H2,1-3H3. The lowest BCUT2D eigenvalue weighted by molar-refractivity contribution is -0.142. The summed E-state index contributed by atoms with van der Waals surface area (Å²) in [6.45, 7) is 5.67. The van der Waals surface area contributed by atoms with E-state index in [9.17, 15) is 4.79 Å². The third kappa shape index (κ3) is 3.37. The second-order valence-corrected chi connectivity index (χ2v) is 8.49. The van der Waals surface area contributed by atoms with Gasteiger partial charge in [-0.1, -0.05) is 42.5 Å². The summed E-state index contributed by atoms with van der Waals surface area (Å²) in [5, 5.41) is 0. The molecule has 144 valence electrons. The maximum absolute atomic E-state index is 12.8. The van der Waals surface area contributed by atoms with Crippen LogP contribution in [0, 0.1) is 5.41 Å². The van der Waals surface area contributed by atoms with Gasteiger partial charge in [0, 0.05) is 6.20 Å². The molecule has 1 aliphatic carbocycles. The quantitative estimate of drug-likeness (QED) is 0.490. The molecule has 0 spiro atoms. The van der Waals surface area contributed by atoms with Crippen molar-refractivity contribution >= 4 is 17.1 Å². The Morgan fingerprint density at radius 1 is 1.00 bits per heavy atom. The molecule has 4 rings (SSSR count). The molecule has 2 heterocycles. The first-order valence-corrected chi connectivity index (χ1v) is 10.1. The third-order valence-electron chi connectivity index (χ3n) is 5.26. The average Bonchev–Trinajstić information content (AvgIpc) is 3.03. The molecule has 0 aliphatic heterocycles. The number of carbonyl (C=O) groups is 1. The molecule has 0 saturated heterocycles. The van der Waals surface area contributed by atoms with E-state index in [2.05, 4.69) is 28.8 Å². The minimum atomic E-state index is -0.568. The van der Waals surface area contributed by atoms with Crippen molar-refractivity contribution in [2.75, 3.05) is 0 Å². The Kier molecular flexibility index (Phi) is 4.84. The number of benzene rings is 1. The highest BCUT2D eigenvalue weighted by atomic mass is 16.5. The van der Waals surface area contributed by atoms with Crippen molar-refractivity contribution in [2.45, 2.75) is 46.5 Å². The molecule has 0 atom stereocenters. The van der Waals surface area contributed by atoms with Gasteiger partial charge >= 0.3 is 5.97 Å². The maximum Gasteiger partial charge on any atom is 0.316 e. The number of hydrogen-bond donors (Lipinski definition) is 0. The molecule has 0 fully saturated rings. The van der Waals surface area contributed by atoms with Gasteiger partial charge in [0.05, 0.1) is 22.2 Å². The molecule has 3 nitrogen and oxygen atoms in total. The fourth-order valence-electron chi connectivity index (χ4n) is 3.77. The van der Waals surface area contributed by atoms with Gasteiger partial charge in [0.1, 0.15) is 0 Å². The molecule has 0 unspecified atom stereocenters. The average molecular weight is 373 g/mol. The van der Waals surface area contributed by atoms with Crippen LogP contribution in [0.5, 0.6) is 5.75 Å². The Morgan fingerprint density at radius 2 is 1.75 bits per heavy atom. The van der Waals surface area contributed by atoms with Crippen molar-refractivity contribution in [1.29, 1.82) is 0 Å². The van der Waals surface area contributed by atoms with E-state index < -0.39 is 5.41 Å². The molecule has 0 bridgehead atoms. The zero-order chi connectivity index (χ0) is 19.7. The van der Waals surface area contributed by atoms with Crippen molar-refractivity contribution in [3.05, 3.63) is 66.5 Å². The minimum absolute atomic E-state index is 0.217. The number of rotatable bonds is 3. The van der Waals surface area contributed by atoms with Crippen LogP contribution in [0.3, 0.4) is 0 Å². The normalized spacial score (nSPS) is 14.8. The van der Waals surface area contributed by atoms with Gasteiger partial charge in [-0.2, -0.15) is 0 Å². The van der Waals surface area contributed by atoms with Crippen LogP contribution in [0.2, 0.25) is 0 Å². The number of carbonyl (C=O) groups excluding carboxylic acids is 1. The predicted molar refractivity (Wildman–Crippen MR) is 114 cm³/mol. The Hall–Kier alpha value is -2.81. The summed E-state index contributed by atoms with van der Waals surface area (Å²) >= 11 is 0. The molecule has 0 N–H and O–H groups in total. The van der Waals surface area contributed by atoms with Crippen LogP contribution in [0.1, 0.15) is 52.1 Å². The first-order chi connectivity index (χ1) is 13.5. The van der Waals surface area contributed by atoms with Gasteiger partial charge in [0.2, 0.25) is 0 Å². The number of ether oxygens (including phenoxy) is 1. The highest BCUT2D eigenvalue weighted by Crippen LogP contribution is 2.45. The van der Waals surface area contributed by atoms with Gasteiger partial charge in [0.25, 0.3) is 0 Å². The molecule has 0 saturated carbocycles. The van der Waals surface area contributed by atoms with Crippen molar-refractivity contribution in [1.82, 2.24) is 4.40 Å². The summed E-state index contributed by atoms with van der Waals surface area (Å²) < 4.78 is 8.25. The van der Waals surface area contributed by atoms with Crippen LogP contribution in [0.4, 0.5) is 0 Å². The number of pyridine rings is 1. The first kappa shape index (κ1) is 18.5. The van der Waals surface area contributed by atoms with Crippen molar-refractivity contribution in [2.24, 2.45) is 5.41 Å². The largest absolute Gasteiger partial charge is 0.423 e. The van der Waals surface area contributed by atoms with Gasteiger partial charge in [-0.05, 0) is 69.7 Å². The number of fused-ring (bicyclic) bond motifs is 1. The van der Waals surface area contributed by atoms with Crippen LogP contribution in [-0.2, 0) is 4.79 Å². The number of hydrogen-bond acceptors (Lipinski definition) is 2. The zero-order valence-corrected chi connectivity index (χ0v) is 16.9. The van der Waals surface area contributed by atoms with Gasteiger partial charge in [-0.3, -0.25) is 4.79 Å². The SMILES string of the molecule is CC(C)(C)C(=O)Oc1c(-c2ccccc2)c(C2=CCCCC2)n2ccccc12. The Morgan fingerprint density at radius 3 is 2.43 bits per heavy atom. The third-order valence-corrected chi connectivity index (χ3v) is 5.26. The summed E-state index contributed by atoms with van der Waals surface area (Å²) in [4.78, 5) is 12.8. The van der Waals surface area contributed by atoms with Gasteiger partial charge in [-0.15, -0.1) is 0 Å². The molecule has 3 aromatic rings. The molecule has 0 radical (unpaired) electrons. The number of aromatic nitrogens is 1. The summed E-state index contributed by atoms with van der Waals surface area (Å²) in [6, 6.07) is 16.3. The van der Waals surface area contributed by atoms with Gasteiger partial charge < -0.3 is 9.14 Å². The predicted octanol–water partition coefficient (Wildman–Crippen LogP) is 6.52. The first-order valence-electron chi connectivity index (χ1n) is 10.1. The van der Waals surface area contributed by atoms with E-state index in [-0.39, 0.29) is 5.97 Å². The number of allylic oxidation sites excluding steroid dienone is 2. The number of esters is 1. The van der Waals surface area contributed by atoms with Crippen LogP contribution < -0.4 is 4.74 Å². The lowest BCUT2D eigenvalue weighted by Crippen LogP contribution is -2.25. The van der Waals surface area contributed by atoms with Crippen molar-refractivity contribution in [3.8, 4) is 16.9 Å². The second kappa shape index (κ2) is 7.31. The lowest BCUT2D eigenvalue weighted by Gasteiger charge is -2.18.